The zero-order valence-corrected chi connectivity index (χ0v) is 28.1. The lowest BCUT2D eigenvalue weighted by Gasteiger charge is -2.26. The molecule has 0 aliphatic carbocycles. The summed E-state index contributed by atoms with van der Waals surface area (Å²) in [5.74, 6) is -9.91. The Balaban J connectivity index is 5.86. The predicted molar refractivity (Wildman–Crippen MR) is 175 cm³/mol. The summed E-state index contributed by atoms with van der Waals surface area (Å²) in [5, 5.41) is 29.9. The fourth-order valence-electron chi connectivity index (χ4n) is 4.21. The van der Waals surface area contributed by atoms with Gasteiger partial charge in [0.1, 0.15) is 30.2 Å². The van der Waals surface area contributed by atoms with Crippen LogP contribution in [0.4, 0.5) is 0 Å². The molecule has 22 nitrogen and oxygen atoms in total. The van der Waals surface area contributed by atoms with Crippen molar-refractivity contribution in [1.29, 1.82) is 0 Å². The maximum absolute atomic E-state index is 13.4. The number of aliphatic carboxylic acids is 2. The molecule has 22 heteroatoms. The first-order valence-electron chi connectivity index (χ1n) is 15.5. The van der Waals surface area contributed by atoms with Gasteiger partial charge < -0.3 is 65.5 Å². The Morgan fingerprint density at radius 3 is 1.64 bits per heavy atom. The van der Waals surface area contributed by atoms with Crippen LogP contribution in [-0.2, 0) is 43.2 Å². The summed E-state index contributed by atoms with van der Waals surface area (Å²) in [4.78, 5) is 114. The van der Waals surface area contributed by atoms with Gasteiger partial charge in [-0.1, -0.05) is 13.8 Å². The molecule has 0 aliphatic rings. The number of carbonyl (C=O) groups is 9. The predicted octanol–water partition coefficient (Wildman–Crippen LogP) is -5.44. The van der Waals surface area contributed by atoms with E-state index in [-0.39, 0.29) is 50.5 Å². The number of nitrogens with two attached hydrogens (primary N) is 5. The second-order valence-electron chi connectivity index (χ2n) is 11.8. The molecule has 0 heterocycles. The Labute approximate surface area is 287 Å². The van der Waals surface area contributed by atoms with E-state index in [1.165, 1.54) is 6.92 Å². The minimum Gasteiger partial charge on any atom is -0.481 e. The molecule has 0 saturated carbocycles. The normalized spacial score (nSPS) is 14.3. The van der Waals surface area contributed by atoms with Gasteiger partial charge in [-0.25, -0.2) is 4.79 Å². The summed E-state index contributed by atoms with van der Waals surface area (Å²) in [6.07, 6.45) is -2.04. The van der Waals surface area contributed by atoms with Crippen LogP contribution in [0.1, 0.15) is 65.7 Å². The van der Waals surface area contributed by atoms with Gasteiger partial charge in [-0.3, -0.25) is 43.3 Å². The van der Waals surface area contributed by atoms with Gasteiger partial charge >= 0.3 is 11.9 Å². The number of amides is 7. The van der Waals surface area contributed by atoms with Crippen LogP contribution in [0, 0.1) is 5.92 Å². The van der Waals surface area contributed by atoms with Gasteiger partial charge in [-0.2, -0.15) is 0 Å². The van der Waals surface area contributed by atoms with E-state index in [1.807, 2.05) is 0 Å². The Morgan fingerprint density at radius 1 is 0.620 bits per heavy atom. The van der Waals surface area contributed by atoms with E-state index in [0.717, 1.165) is 0 Å². The van der Waals surface area contributed by atoms with Crippen molar-refractivity contribution in [3.8, 4) is 0 Å². The van der Waals surface area contributed by atoms with E-state index < -0.39 is 102 Å². The van der Waals surface area contributed by atoms with Crippen LogP contribution >= 0.6 is 0 Å². The maximum atomic E-state index is 13.4. The van der Waals surface area contributed by atoms with Gasteiger partial charge in [0.2, 0.25) is 41.4 Å². The Morgan fingerprint density at radius 2 is 1.14 bits per heavy atom. The van der Waals surface area contributed by atoms with Crippen LogP contribution in [0.2, 0.25) is 0 Å². The second-order valence-corrected chi connectivity index (χ2v) is 11.8. The zero-order chi connectivity index (χ0) is 38.7. The van der Waals surface area contributed by atoms with Crippen molar-refractivity contribution in [3.05, 3.63) is 0 Å². The highest BCUT2D eigenvalue weighted by Gasteiger charge is 2.32. The number of hydrogen-bond acceptors (Lipinski definition) is 11. The van der Waals surface area contributed by atoms with Gasteiger partial charge in [0.25, 0.3) is 0 Å². The fourth-order valence-corrected chi connectivity index (χ4v) is 4.21. The summed E-state index contributed by atoms with van der Waals surface area (Å²) in [6, 6.07) is -8.78. The highest BCUT2D eigenvalue weighted by Crippen LogP contribution is 2.09. The number of nitrogens with one attached hydrogen (secondary N) is 5. The van der Waals surface area contributed by atoms with Crippen molar-refractivity contribution in [3.63, 3.8) is 0 Å². The third kappa shape index (κ3) is 18.7. The van der Waals surface area contributed by atoms with Crippen molar-refractivity contribution in [2.45, 2.75) is 102 Å². The highest BCUT2D eigenvalue weighted by molar-refractivity contribution is 5.97. The molecule has 0 aromatic heterocycles. The Kier molecular flexibility index (Phi) is 19.7. The van der Waals surface area contributed by atoms with E-state index in [2.05, 4.69) is 31.6 Å². The molecule has 17 N–H and O–H groups in total. The number of primary amides is 2. The van der Waals surface area contributed by atoms with Crippen LogP contribution in [0.3, 0.4) is 0 Å². The van der Waals surface area contributed by atoms with Gasteiger partial charge in [-0.15, -0.1) is 0 Å². The van der Waals surface area contributed by atoms with Crippen molar-refractivity contribution in [2.75, 3.05) is 6.54 Å². The van der Waals surface area contributed by atoms with Crippen LogP contribution in [0.25, 0.3) is 0 Å². The summed E-state index contributed by atoms with van der Waals surface area (Å²) >= 11 is 0. The van der Waals surface area contributed by atoms with Gasteiger partial charge in [0.05, 0.1) is 18.9 Å². The second kappa shape index (κ2) is 22.2. The SMILES string of the molecule is CC(C)C[C@H](NC(=O)[C@H](CCC(N)=O)NC(=O)[C@H](C)NC(=O)[C@H](CC(N)=O)NC(=O)[C@@H](N)CC(=O)O)C(=O)N[C@@H](CCCN=C(N)N)C(=O)O. The minimum absolute atomic E-state index is 0.0415. The first-order chi connectivity index (χ1) is 23.1. The third-order valence-electron chi connectivity index (χ3n) is 6.73. The number of rotatable bonds is 24. The molecular formula is C28H49N11O11. The van der Waals surface area contributed by atoms with Crippen molar-refractivity contribution < 1.29 is 53.4 Å². The van der Waals surface area contributed by atoms with E-state index in [9.17, 15) is 48.3 Å². The molecule has 0 saturated heterocycles. The lowest BCUT2D eigenvalue weighted by atomic mass is 10.0. The number of nitrogens with zero attached hydrogens (tertiary/aromatic N) is 1. The zero-order valence-electron chi connectivity index (χ0n) is 28.1. The molecular weight excluding hydrogens is 666 g/mol. The van der Waals surface area contributed by atoms with Crippen molar-refractivity contribution >= 4 is 59.2 Å². The molecule has 0 unspecified atom stereocenters. The topological polar surface area (TPSA) is 397 Å². The van der Waals surface area contributed by atoms with Crippen LogP contribution in [0.15, 0.2) is 4.99 Å². The summed E-state index contributed by atoms with van der Waals surface area (Å²) < 4.78 is 0. The highest BCUT2D eigenvalue weighted by atomic mass is 16.4. The van der Waals surface area contributed by atoms with Gasteiger partial charge in [0.15, 0.2) is 5.96 Å². The smallest absolute Gasteiger partial charge is 0.326 e. The number of carboxylic acid groups (broad SMARTS) is 2. The molecule has 0 bridgehead atoms. The summed E-state index contributed by atoms with van der Waals surface area (Å²) in [6.45, 7) is 4.76. The first-order valence-corrected chi connectivity index (χ1v) is 15.5. The molecule has 50 heavy (non-hydrogen) atoms. The average Bonchev–Trinajstić information content (AvgIpc) is 2.98. The fraction of sp³-hybridized carbons (Fsp3) is 0.643. The number of aliphatic imine (C=N–C) groups is 1. The summed E-state index contributed by atoms with van der Waals surface area (Å²) in [5.41, 5.74) is 26.4. The number of carboxylic acids is 2. The monoisotopic (exact) mass is 715 g/mol. The van der Waals surface area contributed by atoms with E-state index >= 15 is 0 Å². The molecule has 0 spiro atoms. The first kappa shape index (κ1) is 44.5. The molecule has 0 radical (unpaired) electrons. The lowest BCUT2D eigenvalue weighted by Crippen LogP contribution is -2.59. The van der Waals surface area contributed by atoms with E-state index in [1.54, 1.807) is 13.8 Å². The van der Waals surface area contributed by atoms with E-state index in [0.29, 0.717) is 0 Å². The van der Waals surface area contributed by atoms with Crippen LogP contribution in [-0.4, -0.2) is 112 Å². The molecule has 6 atom stereocenters. The van der Waals surface area contributed by atoms with Crippen LogP contribution < -0.4 is 55.3 Å². The minimum atomic E-state index is -1.65. The molecule has 0 rings (SSSR count). The number of guanidine groups is 1. The molecule has 0 aliphatic heterocycles. The lowest BCUT2D eigenvalue weighted by molar-refractivity contribution is -0.142. The Hall–Kier alpha value is -5.54. The Bertz CT molecular complexity index is 1290. The van der Waals surface area contributed by atoms with Gasteiger partial charge in [-0.05, 0) is 38.5 Å². The molecule has 0 fully saturated rings. The average molecular weight is 716 g/mol. The van der Waals surface area contributed by atoms with Crippen molar-refractivity contribution in [2.24, 2.45) is 39.6 Å². The molecule has 0 aromatic rings. The third-order valence-corrected chi connectivity index (χ3v) is 6.73. The largest absolute Gasteiger partial charge is 0.481 e. The summed E-state index contributed by atoms with van der Waals surface area (Å²) in [7, 11) is 0. The quantitative estimate of drug-likeness (QED) is 0.0252. The maximum Gasteiger partial charge on any atom is 0.326 e. The molecule has 282 valence electrons. The standard InChI is InChI=1S/C28H49N11O11/c1-12(2)9-17(26(48)37-16(27(49)50)5-4-8-34-28(32)33)39-24(46)15(6-7-19(30)40)36-22(44)13(3)35-25(47)18(11-20(31)41)38-23(45)14(29)10-21(42)43/h12-18H,4-11,29H2,1-3H3,(H2,30,40)(H2,31,41)(H,35,47)(H,36,44)(H,37,48)(H,38,45)(H,39,46)(H,42,43)(H,49,50)(H4,32,33,34)/t13-,14-,15-,16-,17-,18-/m0/s1. The molecule has 7 amide bonds. The van der Waals surface area contributed by atoms with Crippen molar-refractivity contribution in [1.82, 2.24) is 26.6 Å². The number of hydrogen-bond donors (Lipinski definition) is 12. The van der Waals surface area contributed by atoms with Gasteiger partial charge in [0, 0.05) is 13.0 Å². The number of carbonyl (C=O) groups excluding carboxylic acids is 7. The van der Waals surface area contributed by atoms with Crippen LogP contribution in [0.5, 0.6) is 0 Å². The van der Waals surface area contributed by atoms with E-state index in [4.69, 9.17) is 33.8 Å². The molecule has 0 aromatic carbocycles.